The van der Waals surface area contributed by atoms with Crippen molar-refractivity contribution in [3.63, 3.8) is 0 Å². The number of unbranched alkanes of at least 4 members (excludes halogenated alkanes) is 8. The van der Waals surface area contributed by atoms with Crippen LogP contribution in [0.1, 0.15) is 77.6 Å². The predicted octanol–water partition coefficient (Wildman–Crippen LogP) is 3.44. The number of aliphatic hydroxyl groups is 1. The molecule has 0 fully saturated rings. The highest BCUT2D eigenvalue weighted by Gasteiger charge is 2.17. The lowest BCUT2D eigenvalue weighted by Gasteiger charge is -2.12. The Morgan fingerprint density at radius 1 is 1.04 bits per heavy atom. The molecular formula is C18H36NO6P. The summed E-state index contributed by atoms with van der Waals surface area (Å²) >= 11 is 0. The van der Waals surface area contributed by atoms with Crippen molar-refractivity contribution < 1.29 is 28.8 Å². The van der Waals surface area contributed by atoms with Gasteiger partial charge < -0.3 is 20.2 Å². The molecule has 0 aromatic rings. The van der Waals surface area contributed by atoms with Crippen molar-refractivity contribution in [1.29, 1.82) is 0 Å². The van der Waals surface area contributed by atoms with Crippen LogP contribution in [0, 0.1) is 0 Å². The lowest BCUT2D eigenvalue weighted by molar-refractivity contribution is -0.121. The largest absolute Gasteiger partial charge is 0.469 e. The summed E-state index contributed by atoms with van der Waals surface area (Å²) in [6, 6.07) is 0. The van der Waals surface area contributed by atoms with Gasteiger partial charge >= 0.3 is 7.82 Å². The summed E-state index contributed by atoms with van der Waals surface area (Å²) in [6.45, 7) is 1.61. The van der Waals surface area contributed by atoms with Crippen LogP contribution in [0.3, 0.4) is 0 Å². The molecule has 0 aliphatic carbocycles. The highest BCUT2D eigenvalue weighted by molar-refractivity contribution is 7.46. The van der Waals surface area contributed by atoms with Crippen molar-refractivity contribution in [2.45, 2.75) is 83.7 Å². The van der Waals surface area contributed by atoms with E-state index in [1.54, 1.807) is 0 Å². The molecule has 0 spiro atoms. The number of phosphoric acid groups is 1. The highest BCUT2D eigenvalue weighted by Crippen LogP contribution is 2.35. The summed E-state index contributed by atoms with van der Waals surface area (Å²) in [4.78, 5) is 28.6. The minimum atomic E-state index is -4.59. The lowest BCUT2D eigenvalue weighted by atomic mass is 10.1. The summed E-state index contributed by atoms with van der Waals surface area (Å²) in [5.41, 5.74) is 0. The normalized spacial score (nSPS) is 13.2. The Kier molecular flexibility index (Phi) is 16.0. The maximum Gasteiger partial charge on any atom is 0.469 e. The Balaban J connectivity index is 3.41. The van der Waals surface area contributed by atoms with Gasteiger partial charge in [0.1, 0.15) is 0 Å². The molecule has 7 nitrogen and oxygen atoms in total. The molecule has 0 unspecified atom stereocenters. The molecule has 4 N–H and O–H groups in total. The third-order valence-corrected chi connectivity index (χ3v) is 4.37. The predicted molar refractivity (Wildman–Crippen MR) is 103 cm³/mol. The van der Waals surface area contributed by atoms with Crippen molar-refractivity contribution in [3.8, 4) is 0 Å². The average molecular weight is 393 g/mol. The van der Waals surface area contributed by atoms with Crippen molar-refractivity contribution >= 4 is 13.7 Å². The van der Waals surface area contributed by atoms with Crippen molar-refractivity contribution in [2.75, 3.05) is 13.2 Å². The van der Waals surface area contributed by atoms with Crippen LogP contribution in [-0.2, 0) is 13.9 Å². The lowest BCUT2D eigenvalue weighted by Crippen LogP contribution is -2.34. The van der Waals surface area contributed by atoms with Gasteiger partial charge in [-0.2, -0.15) is 0 Å². The first-order valence-corrected chi connectivity index (χ1v) is 11.2. The summed E-state index contributed by atoms with van der Waals surface area (Å²) in [6.07, 6.45) is 15.2. The van der Waals surface area contributed by atoms with Gasteiger partial charge in [0, 0.05) is 13.0 Å². The summed E-state index contributed by atoms with van der Waals surface area (Å²) < 4.78 is 14.6. The second-order valence-electron chi connectivity index (χ2n) is 6.52. The van der Waals surface area contributed by atoms with Crippen LogP contribution in [0.5, 0.6) is 0 Å². The van der Waals surface area contributed by atoms with E-state index in [4.69, 9.17) is 9.79 Å². The number of rotatable bonds is 17. The monoisotopic (exact) mass is 393 g/mol. The minimum Gasteiger partial charge on any atom is -0.389 e. The molecule has 1 atom stereocenters. The first-order valence-electron chi connectivity index (χ1n) is 9.65. The molecule has 154 valence electrons. The zero-order valence-electron chi connectivity index (χ0n) is 15.9. The van der Waals surface area contributed by atoms with Gasteiger partial charge in [-0.1, -0.05) is 57.6 Å². The maximum absolute atomic E-state index is 11.6. The topological polar surface area (TPSA) is 116 Å². The SMILES string of the molecule is CCCCC=CCCCCCCCCC(=O)NC[C@H](O)COP(=O)(O)O. The van der Waals surface area contributed by atoms with E-state index in [9.17, 15) is 14.5 Å². The van der Waals surface area contributed by atoms with Crippen molar-refractivity contribution in [1.82, 2.24) is 5.32 Å². The Labute approximate surface area is 157 Å². The van der Waals surface area contributed by atoms with E-state index in [0.717, 1.165) is 25.7 Å². The number of hydrogen-bond donors (Lipinski definition) is 4. The van der Waals surface area contributed by atoms with Crippen LogP contribution in [0.15, 0.2) is 12.2 Å². The fourth-order valence-electron chi connectivity index (χ4n) is 2.37. The van der Waals surface area contributed by atoms with Crippen LogP contribution in [0.2, 0.25) is 0 Å². The fraction of sp³-hybridized carbons (Fsp3) is 0.833. The first kappa shape index (κ1) is 25.3. The summed E-state index contributed by atoms with van der Waals surface area (Å²) in [5, 5.41) is 12.0. The molecule has 0 saturated heterocycles. The quantitative estimate of drug-likeness (QED) is 0.171. The second-order valence-corrected chi connectivity index (χ2v) is 7.76. The Morgan fingerprint density at radius 2 is 1.62 bits per heavy atom. The number of allylic oxidation sites excluding steroid dienone is 2. The number of hydrogen-bond acceptors (Lipinski definition) is 4. The standard InChI is InChI=1S/C18H36NO6P/c1-2-3-4-5-6-7-8-9-10-11-12-13-14-18(21)19-15-17(20)16-25-26(22,23)24/h5-6,17,20H,2-4,7-16H2,1H3,(H,19,21)(H2,22,23,24)/t17-/m0/s1. The molecular weight excluding hydrogens is 357 g/mol. The van der Waals surface area contributed by atoms with Gasteiger partial charge in [0.15, 0.2) is 0 Å². The van der Waals surface area contributed by atoms with Gasteiger partial charge in [0.05, 0.1) is 12.7 Å². The zero-order chi connectivity index (χ0) is 19.7. The van der Waals surface area contributed by atoms with Gasteiger partial charge in [-0.05, 0) is 25.7 Å². The van der Waals surface area contributed by atoms with Gasteiger partial charge in [0.25, 0.3) is 0 Å². The zero-order valence-corrected chi connectivity index (χ0v) is 16.8. The second kappa shape index (κ2) is 16.5. The van der Waals surface area contributed by atoms with Crippen molar-refractivity contribution in [2.24, 2.45) is 0 Å². The first-order chi connectivity index (χ1) is 12.3. The molecule has 0 aromatic carbocycles. The van der Waals surface area contributed by atoms with Crippen LogP contribution >= 0.6 is 7.82 Å². The van der Waals surface area contributed by atoms with E-state index in [-0.39, 0.29) is 12.5 Å². The number of phosphoric ester groups is 1. The Bertz CT molecular complexity index is 424. The number of amides is 1. The number of carbonyl (C=O) groups is 1. The minimum absolute atomic E-state index is 0.0788. The third-order valence-electron chi connectivity index (χ3n) is 3.89. The molecule has 0 aliphatic heterocycles. The van der Waals surface area contributed by atoms with E-state index in [1.807, 2.05) is 0 Å². The Morgan fingerprint density at radius 3 is 2.23 bits per heavy atom. The van der Waals surface area contributed by atoms with Crippen molar-refractivity contribution in [3.05, 3.63) is 12.2 Å². The number of nitrogens with one attached hydrogen (secondary N) is 1. The van der Waals surface area contributed by atoms with E-state index >= 15 is 0 Å². The molecule has 1 amide bonds. The van der Waals surface area contributed by atoms with Gasteiger partial charge in [0.2, 0.25) is 5.91 Å². The molecule has 26 heavy (non-hydrogen) atoms. The highest BCUT2D eigenvalue weighted by atomic mass is 31.2. The van der Waals surface area contributed by atoms with Crippen LogP contribution < -0.4 is 5.32 Å². The average Bonchev–Trinajstić information content (AvgIpc) is 2.58. The van der Waals surface area contributed by atoms with Crippen LogP contribution in [0.4, 0.5) is 0 Å². The number of carbonyl (C=O) groups excluding carboxylic acids is 1. The van der Waals surface area contributed by atoms with E-state index < -0.39 is 20.5 Å². The van der Waals surface area contributed by atoms with Crippen LogP contribution in [-0.4, -0.2) is 40.1 Å². The molecule has 0 saturated carbocycles. The van der Waals surface area contributed by atoms with E-state index in [1.165, 1.54) is 38.5 Å². The van der Waals surface area contributed by atoms with Crippen LogP contribution in [0.25, 0.3) is 0 Å². The molecule has 0 radical (unpaired) electrons. The third kappa shape index (κ3) is 19.6. The Hall–Kier alpha value is -0.720. The number of aliphatic hydroxyl groups excluding tert-OH is 1. The molecule has 0 aliphatic rings. The summed E-state index contributed by atoms with van der Waals surface area (Å²) in [7, 11) is -4.59. The molecule has 0 rings (SSSR count). The van der Waals surface area contributed by atoms with E-state index in [2.05, 4.69) is 28.9 Å². The van der Waals surface area contributed by atoms with E-state index in [0.29, 0.717) is 6.42 Å². The smallest absolute Gasteiger partial charge is 0.389 e. The van der Waals surface area contributed by atoms with Gasteiger partial charge in [-0.15, -0.1) is 0 Å². The molecule has 0 bridgehead atoms. The summed E-state index contributed by atoms with van der Waals surface area (Å²) in [5.74, 6) is -0.169. The fourth-order valence-corrected chi connectivity index (χ4v) is 2.74. The molecule has 8 heteroatoms. The molecule has 0 aromatic heterocycles. The molecule has 0 heterocycles. The van der Waals surface area contributed by atoms with Gasteiger partial charge in [-0.3, -0.25) is 9.32 Å². The van der Waals surface area contributed by atoms with Gasteiger partial charge in [-0.25, -0.2) is 4.57 Å². The maximum atomic E-state index is 11.6.